The van der Waals surface area contributed by atoms with Gasteiger partial charge in [0.05, 0.1) is 12.0 Å². The lowest BCUT2D eigenvalue weighted by molar-refractivity contribution is 0.187. The second-order valence-corrected chi connectivity index (χ2v) is 9.61. The number of sulfonamides is 1. The lowest BCUT2D eigenvalue weighted by Gasteiger charge is -2.20. The summed E-state index contributed by atoms with van der Waals surface area (Å²) in [6.45, 7) is 0.459. The molecular formula is C19H20F2N2O4S2. The zero-order valence-corrected chi connectivity index (χ0v) is 17.2. The third-order valence-corrected chi connectivity index (χ3v) is 7.75. The van der Waals surface area contributed by atoms with Crippen molar-refractivity contribution >= 4 is 33.6 Å². The van der Waals surface area contributed by atoms with Crippen LogP contribution in [0.2, 0.25) is 0 Å². The number of amides is 1. The lowest BCUT2D eigenvalue weighted by Crippen LogP contribution is -2.33. The van der Waals surface area contributed by atoms with E-state index in [0.717, 1.165) is 12.1 Å². The van der Waals surface area contributed by atoms with Crippen molar-refractivity contribution in [3.63, 3.8) is 0 Å². The first-order valence-electron chi connectivity index (χ1n) is 8.83. The second-order valence-electron chi connectivity index (χ2n) is 6.36. The minimum Gasteiger partial charge on any atom is -0.453 e. The van der Waals surface area contributed by atoms with Crippen LogP contribution in [0.3, 0.4) is 0 Å². The summed E-state index contributed by atoms with van der Waals surface area (Å²) < 4.78 is 59.4. The molecule has 3 rings (SSSR count). The van der Waals surface area contributed by atoms with Gasteiger partial charge in [-0.2, -0.15) is 16.1 Å². The van der Waals surface area contributed by atoms with Gasteiger partial charge in [-0.05, 0) is 48.9 Å². The molecule has 0 unspecified atom stereocenters. The Balaban J connectivity index is 1.73. The van der Waals surface area contributed by atoms with Crippen molar-refractivity contribution < 1.29 is 26.7 Å². The first-order chi connectivity index (χ1) is 13.8. The Morgan fingerprint density at radius 2 is 1.90 bits per heavy atom. The molecule has 1 heterocycles. The number of thioether (sulfide) groups is 1. The van der Waals surface area contributed by atoms with Gasteiger partial charge < -0.3 is 4.74 Å². The summed E-state index contributed by atoms with van der Waals surface area (Å²) in [5, 5.41) is 2.13. The van der Waals surface area contributed by atoms with Gasteiger partial charge in [0.15, 0.2) is 0 Å². The van der Waals surface area contributed by atoms with E-state index in [-0.39, 0.29) is 28.8 Å². The Kier molecular flexibility index (Phi) is 6.76. The molecule has 0 saturated carbocycles. The average Bonchev–Trinajstić information content (AvgIpc) is 2.97. The molecule has 2 aromatic carbocycles. The van der Waals surface area contributed by atoms with Gasteiger partial charge in [-0.3, -0.25) is 5.32 Å². The number of ether oxygens (including phenoxy) is 1. The van der Waals surface area contributed by atoms with Crippen molar-refractivity contribution in [2.75, 3.05) is 31.3 Å². The van der Waals surface area contributed by atoms with E-state index in [1.165, 1.54) is 53.5 Å². The smallest absolute Gasteiger partial charge is 0.411 e. The molecule has 1 fully saturated rings. The molecule has 2 aromatic rings. The number of nitrogens with zero attached hydrogens (tertiary/aromatic N) is 1. The maximum atomic E-state index is 14.1. The van der Waals surface area contributed by atoms with Gasteiger partial charge in [-0.1, -0.05) is 0 Å². The zero-order chi connectivity index (χ0) is 21.0. The Labute approximate surface area is 172 Å². The van der Waals surface area contributed by atoms with Crippen molar-refractivity contribution in [2.45, 2.75) is 16.6 Å². The summed E-state index contributed by atoms with van der Waals surface area (Å²) in [7, 11) is -2.52. The molecule has 0 aliphatic carbocycles. The monoisotopic (exact) mass is 442 g/mol. The highest BCUT2D eigenvalue weighted by Crippen LogP contribution is 2.37. The minimum atomic E-state index is -3.75. The van der Waals surface area contributed by atoms with Gasteiger partial charge in [0, 0.05) is 35.3 Å². The number of halogens is 2. The first-order valence-corrected chi connectivity index (χ1v) is 11.3. The zero-order valence-electron chi connectivity index (χ0n) is 15.6. The van der Waals surface area contributed by atoms with Crippen LogP contribution in [0.1, 0.15) is 17.2 Å². The molecule has 29 heavy (non-hydrogen) atoms. The van der Waals surface area contributed by atoms with Crippen LogP contribution in [0.4, 0.5) is 19.3 Å². The predicted octanol–water partition coefficient (Wildman–Crippen LogP) is 4.01. The van der Waals surface area contributed by atoms with Crippen LogP contribution in [0, 0.1) is 11.6 Å². The number of methoxy groups -OCH3 is 1. The third kappa shape index (κ3) is 5.06. The molecule has 156 valence electrons. The van der Waals surface area contributed by atoms with Crippen LogP contribution in [0.15, 0.2) is 47.4 Å². The molecule has 1 aliphatic heterocycles. The summed E-state index contributed by atoms with van der Waals surface area (Å²) in [5.74, 6) is -0.549. The highest BCUT2D eigenvalue weighted by atomic mass is 32.2. The van der Waals surface area contributed by atoms with Gasteiger partial charge in [-0.15, -0.1) is 0 Å². The SMILES string of the molecule is COC(=O)Nc1ccc(S(=O)(=O)N2CCS[C@@H](c3cc(F)ccc3F)CC2)cc1. The van der Waals surface area contributed by atoms with E-state index < -0.39 is 27.8 Å². The van der Waals surface area contributed by atoms with E-state index in [4.69, 9.17) is 0 Å². The summed E-state index contributed by atoms with van der Waals surface area (Å²) in [6, 6.07) is 9.09. The molecule has 0 radical (unpaired) electrons. The van der Waals surface area contributed by atoms with Crippen molar-refractivity contribution in [3.05, 3.63) is 59.7 Å². The lowest BCUT2D eigenvalue weighted by atomic mass is 10.1. The molecule has 1 saturated heterocycles. The van der Waals surface area contributed by atoms with E-state index in [1.54, 1.807) is 0 Å². The summed E-state index contributed by atoms with van der Waals surface area (Å²) in [5.41, 5.74) is 0.663. The Bertz CT molecular complexity index is 984. The van der Waals surface area contributed by atoms with Crippen LogP contribution in [0.25, 0.3) is 0 Å². The van der Waals surface area contributed by atoms with Crippen LogP contribution < -0.4 is 5.32 Å². The molecule has 10 heteroatoms. The topological polar surface area (TPSA) is 75.7 Å². The predicted molar refractivity (Wildman–Crippen MR) is 107 cm³/mol. The van der Waals surface area contributed by atoms with Crippen molar-refractivity contribution in [2.24, 2.45) is 0 Å². The van der Waals surface area contributed by atoms with Crippen molar-refractivity contribution in [3.8, 4) is 0 Å². The standard InChI is InChI=1S/C19H20F2N2O4S2/c1-27-19(24)22-14-3-5-15(6-4-14)29(25,26)23-9-8-18(28-11-10-23)16-12-13(20)2-7-17(16)21/h2-7,12,18H,8-11H2,1H3,(H,22,24)/t18-/m1/s1. The van der Waals surface area contributed by atoms with Gasteiger partial charge in [0.25, 0.3) is 0 Å². The van der Waals surface area contributed by atoms with E-state index >= 15 is 0 Å². The molecule has 1 amide bonds. The van der Waals surface area contributed by atoms with Gasteiger partial charge >= 0.3 is 6.09 Å². The Hall–Kier alpha value is -2.17. The molecule has 1 atom stereocenters. The summed E-state index contributed by atoms with van der Waals surface area (Å²) >= 11 is 1.41. The molecule has 0 aromatic heterocycles. The van der Waals surface area contributed by atoms with Crippen molar-refractivity contribution in [1.82, 2.24) is 4.31 Å². The van der Waals surface area contributed by atoms with Crippen LogP contribution >= 0.6 is 11.8 Å². The third-order valence-electron chi connectivity index (χ3n) is 4.53. The van der Waals surface area contributed by atoms with Crippen LogP contribution in [-0.4, -0.2) is 44.8 Å². The van der Waals surface area contributed by atoms with Gasteiger partial charge in [0.1, 0.15) is 11.6 Å². The number of carbonyl (C=O) groups excluding carboxylic acids is 1. The number of hydrogen-bond donors (Lipinski definition) is 1. The number of benzene rings is 2. The van der Waals surface area contributed by atoms with Crippen LogP contribution in [-0.2, 0) is 14.8 Å². The highest BCUT2D eigenvalue weighted by molar-refractivity contribution is 7.99. The fourth-order valence-corrected chi connectivity index (χ4v) is 5.84. The molecule has 6 nitrogen and oxygen atoms in total. The fourth-order valence-electron chi connectivity index (χ4n) is 3.03. The number of anilines is 1. The number of carbonyl (C=O) groups is 1. The average molecular weight is 443 g/mol. The fraction of sp³-hybridized carbons (Fsp3) is 0.316. The second kappa shape index (κ2) is 9.10. The van der Waals surface area contributed by atoms with Crippen molar-refractivity contribution in [1.29, 1.82) is 0 Å². The number of hydrogen-bond acceptors (Lipinski definition) is 5. The summed E-state index contributed by atoms with van der Waals surface area (Å²) in [4.78, 5) is 11.3. The van der Waals surface area contributed by atoms with E-state index in [0.29, 0.717) is 17.9 Å². The van der Waals surface area contributed by atoms with E-state index in [2.05, 4.69) is 10.1 Å². The molecule has 1 N–H and O–H groups in total. The van der Waals surface area contributed by atoms with Gasteiger partial charge in [0.2, 0.25) is 10.0 Å². The molecular weight excluding hydrogens is 422 g/mol. The summed E-state index contributed by atoms with van der Waals surface area (Å²) in [6.07, 6.45) is -0.285. The molecule has 1 aliphatic rings. The maximum absolute atomic E-state index is 14.1. The van der Waals surface area contributed by atoms with E-state index in [9.17, 15) is 22.0 Å². The minimum absolute atomic E-state index is 0.0910. The maximum Gasteiger partial charge on any atom is 0.411 e. The number of nitrogens with one attached hydrogen (secondary N) is 1. The highest BCUT2D eigenvalue weighted by Gasteiger charge is 2.29. The Morgan fingerprint density at radius 3 is 2.59 bits per heavy atom. The molecule has 0 spiro atoms. The van der Waals surface area contributed by atoms with Gasteiger partial charge in [-0.25, -0.2) is 22.0 Å². The largest absolute Gasteiger partial charge is 0.453 e. The normalized spacial score (nSPS) is 18.1. The Morgan fingerprint density at radius 1 is 1.17 bits per heavy atom. The quantitative estimate of drug-likeness (QED) is 0.774. The van der Waals surface area contributed by atoms with E-state index in [1.807, 2.05) is 0 Å². The molecule has 0 bridgehead atoms. The first kappa shape index (κ1) is 21.5. The number of rotatable bonds is 4. The van der Waals surface area contributed by atoms with Crippen LogP contribution in [0.5, 0.6) is 0 Å².